The lowest BCUT2D eigenvalue weighted by molar-refractivity contribution is 0.270. The minimum Gasteiger partial charge on any atom is -0.496 e. The van der Waals surface area contributed by atoms with Crippen LogP contribution < -0.4 is 15.0 Å². The first-order chi connectivity index (χ1) is 12.7. The quantitative estimate of drug-likeness (QED) is 0.824. The Morgan fingerprint density at radius 2 is 1.88 bits per heavy atom. The van der Waals surface area contributed by atoms with Gasteiger partial charge >= 0.3 is 0 Å². The monoisotopic (exact) mass is 355 g/mol. The molecule has 3 rings (SSSR count). The average molecular weight is 355 g/mol. The SMILES string of the molecule is CCN1CCN(c2cc(C)nc(NCCc3ccccc3OC)n2)CC1. The maximum atomic E-state index is 5.41. The van der Waals surface area contributed by atoms with Crippen LogP contribution in [0, 0.1) is 6.92 Å². The molecule has 1 aromatic heterocycles. The van der Waals surface area contributed by atoms with E-state index in [1.165, 1.54) is 5.56 Å². The second-order valence-electron chi connectivity index (χ2n) is 6.60. The molecule has 0 radical (unpaired) electrons. The van der Waals surface area contributed by atoms with Gasteiger partial charge in [-0.3, -0.25) is 0 Å². The summed E-state index contributed by atoms with van der Waals surface area (Å²) in [5, 5.41) is 3.37. The van der Waals surface area contributed by atoms with Crippen LogP contribution >= 0.6 is 0 Å². The third-order valence-corrected chi connectivity index (χ3v) is 4.85. The van der Waals surface area contributed by atoms with Crippen molar-refractivity contribution >= 4 is 11.8 Å². The number of nitrogens with zero attached hydrogens (tertiary/aromatic N) is 4. The predicted octanol–water partition coefficient (Wildman–Crippen LogP) is 2.59. The number of piperazine rings is 1. The number of methoxy groups -OCH3 is 1. The zero-order chi connectivity index (χ0) is 18.4. The van der Waals surface area contributed by atoms with Crippen molar-refractivity contribution in [2.45, 2.75) is 20.3 Å². The molecule has 0 unspecified atom stereocenters. The fourth-order valence-corrected chi connectivity index (χ4v) is 3.30. The molecule has 1 aliphatic heterocycles. The van der Waals surface area contributed by atoms with E-state index in [1.807, 2.05) is 25.1 Å². The number of rotatable bonds is 7. The van der Waals surface area contributed by atoms with E-state index in [-0.39, 0.29) is 0 Å². The molecule has 0 aliphatic carbocycles. The van der Waals surface area contributed by atoms with E-state index >= 15 is 0 Å². The van der Waals surface area contributed by atoms with Crippen LogP contribution in [0.2, 0.25) is 0 Å². The number of hydrogen-bond acceptors (Lipinski definition) is 6. The summed E-state index contributed by atoms with van der Waals surface area (Å²) in [6, 6.07) is 10.2. The van der Waals surface area contributed by atoms with Gasteiger partial charge in [-0.1, -0.05) is 25.1 Å². The zero-order valence-electron chi connectivity index (χ0n) is 16.0. The molecule has 1 saturated heterocycles. The van der Waals surface area contributed by atoms with Crippen molar-refractivity contribution in [2.24, 2.45) is 0 Å². The summed E-state index contributed by atoms with van der Waals surface area (Å²) in [5.41, 5.74) is 2.18. The minimum atomic E-state index is 0.702. The molecule has 140 valence electrons. The minimum absolute atomic E-state index is 0.702. The summed E-state index contributed by atoms with van der Waals surface area (Å²) in [5.74, 6) is 2.65. The second kappa shape index (κ2) is 8.85. The van der Waals surface area contributed by atoms with E-state index < -0.39 is 0 Å². The smallest absolute Gasteiger partial charge is 0.224 e. The number of nitrogens with one attached hydrogen (secondary N) is 1. The van der Waals surface area contributed by atoms with Crippen LogP contribution in [0.4, 0.5) is 11.8 Å². The van der Waals surface area contributed by atoms with Gasteiger partial charge in [0.1, 0.15) is 11.6 Å². The highest BCUT2D eigenvalue weighted by molar-refractivity contribution is 5.45. The molecule has 1 N–H and O–H groups in total. The molecule has 0 bridgehead atoms. The number of aryl methyl sites for hydroxylation is 1. The number of para-hydroxylation sites is 1. The first-order valence-corrected chi connectivity index (χ1v) is 9.38. The first kappa shape index (κ1) is 18.5. The van der Waals surface area contributed by atoms with Crippen molar-refractivity contribution < 1.29 is 4.74 Å². The van der Waals surface area contributed by atoms with Gasteiger partial charge in [0.2, 0.25) is 5.95 Å². The Labute approximate surface area is 156 Å². The summed E-state index contributed by atoms with van der Waals surface area (Å²) >= 11 is 0. The molecule has 1 fully saturated rings. The lowest BCUT2D eigenvalue weighted by atomic mass is 10.1. The normalized spacial score (nSPS) is 15.1. The van der Waals surface area contributed by atoms with Crippen LogP contribution in [0.3, 0.4) is 0 Å². The lowest BCUT2D eigenvalue weighted by Crippen LogP contribution is -2.46. The molecule has 1 aromatic carbocycles. The van der Waals surface area contributed by atoms with Crippen molar-refractivity contribution in [2.75, 3.05) is 56.6 Å². The maximum Gasteiger partial charge on any atom is 0.224 e. The molecule has 6 heteroatoms. The Morgan fingerprint density at radius 1 is 1.12 bits per heavy atom. The Morgan fingerprint density at radius 3 is 2.62 bits per heavy atom. The van der Waals surface area contributed by atoms with Crippen molar-refractivity contribution in [3.63, 3.8) is 0 Å². The molecule has 6 nitrogen and oxygen atoms in total. The summed E-state index contributed by atoms with van der Waals surface area (Å²) in [4.78, 5) is 14.1. The number of aromatic nitrogens is 2. The fraction of sp³-hybridized carbons (Fsp3) is 0.500. The van der Waals surface area contributed by atoms with Crippen LogP contribution in [-0.4, -0.2) is 61.2 Å². The van der Waals surface area contributed by atoms with E-state index in [4.69, 9.17) is 9.72 Å². The Balaban J connectivity index is 1.61. The van der Waals surface area contributed by atoms with Gasteiger partial charge in [0.25, 0.3) is 0 Å². The average Bonchev–Trinajstić information content (AvgIpc) is 2.68. The fourth-order valence-electron chi connectivity index (χ4n) is 3.30. The van der Waals surface area contributed by atoms with E-state index in [0.717, 1.165) is 63.0 Å². The maximum absolute atomic E-state index is 5.41. The highest BCUT2D eigenvalue weighted by Gasteiger charge is 2.17. The summed E-state index contributed by atoms with van der Waals surface area (Å²) < 4.78 is 5.41. The van der Waals surface area contributed by atoms with Gasteiger partial charge in [0, 0.05) is 44.5 Å². The Bertz CT molecular complexity index is 713. The van der Waals surface area contributed by atoms with Crippen LogP contribution in [0.15, 0.2) is 30.3 Å². The van der Waals surface area contributed by atoms with Gasteiger partial charge in [0.05, 0.1) is 7.11 Å². The summed E-state index contributed by atoms with van der Waals surface area (Å²) in [6.07, 6.45) is 0.867. The molecular formula is C20H29N5O. The lowest BCUT2D eigenvalue weighted by Gasteiger charge is -2.34. The highest BCUT2D eigenvalue weighted by atomic mass is 16.5. The van der Waals surface area contributed by atoms with Gasteiger partial charge in [-0.05, 0) is 31.5 Å². The molecular weight excluding hydrogens is 326 g/mol. The first-order valence-electron chi connectivity index (χ1n) is 9.38. The second-order valence-corrected chi connectivity index (χ2v) is 6.60. The summed E-state index contributed by atoms with van der Waals surface area (Å²) in [6.45, 7) is 10.4. The van der Waals surface area contributed by atoms with Gasteiger partial charge in [0.15, 0.2) is 0 Å². The van der Waals surface area contributed by atoms with Crippen LogP contribution in [0.5, 0.6) is 5.75 Å². The standard InChI is InChI=1S/C20H29N5O/c1-4-24-11-13-25(14-12-24)19-15-16(2)22-20(23-19)21-10-9-17-7-5-6-8-18(17)26-3/h5-8,15H,4,9-14H2,1-3H3,(H,21,22,23). The number of anilines is 2. The molecule has 0 spiro atoms. The van der Waals surface area contributed by atoms with Crippen molar-refractivity contribution in [1.82, 2.24) is 14.9 Å². The number of ether oxygens (including phenoxy) is 1. The zero-order valence-corrected chi connectivity index (χ0v) is 16.0. The Kier molecular flexibility index (Phi) is 6.28. The van der Waals surface area contributed by atoms with Crippen LogP contribution in [0.1, 0.15) is 18.2 Å². The largest absolute Gasteiger partial charge is 0.496 e. The van der Waals surface area contributed by atoms with E-state index in [0.29, 0.717) is 5.95 Å². The molecule has 0 saturated carbocycles. The molecule has 26 heavy (non-hydrogen) atoms. The van der Waals surface area contributed by atoms with Crippen LogP contribution in [-0.2, 0) is 6.42 Å². The summed E-state index contributed by atoms with van der Waals surface area (Å²) in [7, 11) is 1.71. The van der Waals surface area contributed by atoms with Gasteiger partial charge in [-0.2, -0.15) is 4.98 Å². The van der Waals surface area contributed by atoms with E-state index in [9.17, 15) is 0 Å². The van der Waals surface area contributed by atoms with Gasteiger partial charge in [-0.25, -0.2) is 4.98 Å². The molecule has 2 heterocycles. The number of likely N-dealkylation sites (N-methyl/N-ethyl adjacent to an activating group) is 1. The third kappa shape index (κ3) is 4.64. The van der Waals surface area contributed by atoms with Gasteiger partial charge in [-0.15, -0.1) is 0 Å². The molecule has 1 aliphatic rings. The molecule has 0 amide bonds. The molecule has 0 atom stereocenters. The van der Waals surface area contributed by atoms with E-state index in [1.54, 1.807) is 7.11 Å². The van der Waals surface area contributed by atoms with E-state index in [2.05, 4.69) is 39.2 Å². The predicted molar refractivity (Wildman–Crippen MR) is 106 cm³/mol. The van der Waals surface area contributed by atoms with Gasteiger partial charge < -0.3 is 19.9 Å². The number of benzene rings is 1. The molecule has 2 aromatic rings. The van der Waals surface area contributed by atoms with Crippen molar-refractivity contribution in [1.29, 1.82) is 0 Å². The Hall–Kier alpha value is -2.34. The topological polar surface area (TPSA) is 53.5 Å². The number of hydrogen-bond donors (Lipinski definition) is 1. The van der Waals surface area contributed by atoms with Crippen molar-refractivity contribution in [3.05, 3.63) is 41.6 Å². The van der Waals surface area contributed by atoms with Crippen LogP contribution in [0.25, 0.3) is 0 Å². The van der Waals surface area contributed by atoms with Crippen molar-refractivity contribution in [3.8, 4) is 5.75 Å². The third-order valence-electron chi connectivity index (χ3n) is 4.85. The highest BCUT2D eigenvalue weighted by Crippen LogP contribution is 2.19.